The van der Waals surface area contributed by atoms with Crippen LogP contribution in [0.1, 0.15) is 10.4 Å². The van der Waals surface area contributed by atoms with E-state index in [4.69, 9.17) is 9.72 Å². The quantitative estimate of drug-likeness (QED) is 0.305. The van der Waals surface area contributed by atoms with Crippen LogP contribution in [0.15, 0.2) is 70.5 Å². The maximum Gasteiger partial charge on any atom is 0.338 e. The van der Waals surface area contributed by atoms with Gasteiger partial charge in [-0.05, 0) is 29.8 Å². The van der Waals surface area contributed by atoms with Crippen molar-refractivity contribution in [2.45, 2.75) is 9.79 Å². The summed E-state index contributed by atoms with van der Waals surface area (Å²) in [5, 5.41) is 2.25. The van der Waals surface area contributed by atoms with Crippen LogP contribution >= 0.6 is 11.8 Å². The van der Waals surface area contributed by atoms with E-state index >= 15 is 0 Å². The Morgan fingerprint density at radius 3 is 2.64 bits per heavy atom. The van der Waals surface area contributed by atoms with Crippen LogP contribution in [-0.2, 0) is 4.74 Å². The normalized spacial score (nSPS) is 12.2. The number of benzene rings is 3. The highest BCUT2D eigenvalue weighted by Crippen LogP contribution is 2.50. The number of carbonyl (C=O) groups excluding carboxylic acids is 1. The van der Waals surface area contributed by atoms with Crippen LogP contribution in [-0.4, -0.2) is 18.1 Å². The topological polar surface area (TPSA) is 39.2 Å². The molecule has 5 rings (SSSR count). The van der Waals surface area contributed by atoms with E-state index in [-0.39, 0.29) is 5.97 Å². The predicted molar refractivity (Wildman–Crippen MR) is 100 cm³/mol. The van der Waals surface area contributed by atoms with Gasteiger partial charge in [-0.3, -0.25) is 0 Å². The Labute approximate surface area is 148 Å². The number of rotatable bonds is 1. The molecule has 0 bridgehead atoms. The number of ether oxygens (including phenoxy) is 1. The molecule has 0 saturated heterocycles. The van der Waals surface area contributed by atoms with Crippen molar-refractivity contribution in [3.63, 3.8) is 0 Å². The molecule has 4 heteroatoms. The average Bonchev–Trinajstić information content (AvgIpc) is 2.67. The molecule has 0 unspecified atom stereocenters. The summed E-state index contributed by atoms with van der Waals surface area (Å²) >= 11 is 1.70. The van der Waals surface area contributed by atoms with Crippen molar-refractivity contribution in [3.05, 3.63) is 66.2 Å². The number of para-hydroxylation sites is 1. The predicted octanol–water partition coefficient (Wildman–Crippen LogP) is 5.31. The number of hydrogen-bond acceptors (Lipinski definition) is 4. The lowest BCUT2D eigenvalue weighted by Gasteiger charge is -2.23. The van der Waals surface area contributed by atoms with E-state index in [2.05, 4.69) is 18.2 Å². The lowest BCUT2D eigenvalue weighted by Crippen LogP contribution is -2.06. The number of hydrogen-bond donors (Lipinski definition) is 0. The first-order chi connectivity index (χ1) is 12.3. The van der Waals surface area contributed by atoms with Gasteiger partial charge >= 0.3 is 5.97 Å². The highest BCUT2D eigenvalue weighted by Gasteiger charge is 2.26. The molecule has 0 radical (unpaired) electrons. The third-order valence-electron chi connectivity index (χ3n) is 4.57. The molecule has 1 aliphatic heterocycles. The van der Waals surface area contributed by atoms with Crippen molar-refractivity contribution in [1.82, 2.24) is 4.98 Å². The third-order valence-corrected chi connectivity index (χ3v) is 5.76. The zero-order chi connectivity index (χ0) is 17.0. The summed E-state index contributed by atoms with van der Waals surface area (Å²) < 4.78 is 4.99. The van der Waals surface area contributed by atoms with E-state index in [1.807, 2.05) is 42.5 Å². The zero-order valence-electron chi connectivity index (χ0n) is 13.4. The van der Waals surface area contributed by atoms with Gasteiger partial charge in [0, 0.05) is 26.1 Å². The van der Waals surface area contributed by atoms with E-state index in [0.717, 1.165) is 37.8 Å². The molecular weight excluding hydrogens is 330 g/mol. The van der Waals surface area contributed by atoms with Crippen molar-refractivity contribution in [1.29, 1.82) is 0 Å². The van der Waals surface area contributed by atoms with Crippen LogP contribution < -0.4 is 0 Å². The standard InChI is InChI=1S/C21H13NO2S/c1-24-21(23)14-8-5-11-17-18(14)13-7-4-10-16-19(13)20(25-17)12-6-2-3-9-15(12)22-16/h2-11H,1H3. The maximum atomic E-state index is 12.3. The van der Waals surface area contributed by atoms with Crippen molar-refractivity contribution in [2.24, 2.45) is 0 Å². The minimum Gasteiger partial charge on any atom is -0.465 e. The Balaban J connectivity index is 1.96. The lowest BCUT2D eigenvalue weighted by atomic mass is 9.94. The maximum absolute atomic E-state index is 12.3. The second kappa shape index (κ2) is 5.33. The molecule has 0 amide bonds. The summed E-state index contributed by atoms with van der Waals surface area (Å²) in [6.07, 6.45) is 0. The van der Waals surface area contributed by atoms with Crippen molar-refractivity contribution in [2.75, 3.05) is 7.11 Å². The molecular formula is C21H13NO2S. The van der Waals surface area contributed by atoms with Crippen LogP contribution in [0, 0.1) is 0 Å². The minimum atomic E-state index is -0.313. The highest BCUT2D eigenvalue weighted by molar-refractivity contribution is 8.00. The first kappa shape index (κ1) is 14.5. The van der Waals surface area contributed by atoms with E-state index in [0.29, 0.717) is 5.56 Å². The molecule has 1 aromatic heterocycles. The minimum absolute atomic E-state index is 0.313. The third kappa shape index (κ3) is 2.01. The van der Waals surface area contributed by atoms with E-state index in [1.54, 1.807) is 11.8 Å². The number of fused-ring (bicyclic) bond motifs is 4. The van der Waals surface area contributed by atoms with Gasteiger partial charge in [-0.2, -0.15) is 0 Å². The second-order valence-corrected chi connectivity index (χ2v) is 6.98. The number of aromatic nitrogens is 1. The molecule has 0 spiro atoms. The van der Waals surface area contributed by atoms with Gasteiger partial charge in [0.25, 0.3) is 0 Å². The fraction of sp³-hybridized carbons (Fsp3) is 0.0476. The van der Waals surface area contributed by atoms with Gasteiger partial charge in [-0.15, -0.1) is 0 Å². The number of carbonyl (C=O) groups is 1. The van der Waals surface area contributed by atoms with E-state index in [9.17, 15) is 4.79 Å². The first-order valence-electron chi connectivity index (χ1n) is 7.99. The average molecular weight is 343 g/mol. The number of pyridine rings is 1. The molecule has 3 nitrogen and oxygen atoms in total. The molecule has 4 aromatic rings. The van der Waals surface area contributed by atoms with E-state index < -0.39 is 0 Å². The van der Waals surface area contributed by atoms with Crippen LogP contribution in [0.5, 0.6) is 0 Å². The summed E-state index contributed by atoms with van der Waals surface area (Å²) in [7, 11) is 1.42. The largest absolute Gasteiger partial charge is 0.465 e. The molecule has 0 fully saturated rings. The van der Waals surface area contributed by atoms with Crippen LogP contribution in [0.25, 0.3) is 32.9 Å². The number of esters is 1. The summed E-state index contributed by atoms with van der Waals surface area (Å²) in [4.78, 5) is 19.4. The van der Waals surface area contributed by atoms with Crippen molar-refractivity contribution in [3.8, 4) is 11.1 Å². The summed E-state index contributed by atoms with van der Waals surface area (Å²) in [5.74, 6) is -0.313. The van der Waals surface area contributed by atoms with Gasteiger partial charge < -0.3 is 4.74 Å². The van der Waals surface area contributed by atoms with Gasteiger partial charge in [0.05, 0.1) is 23.7 Å². The first-order valence-corrected chi connectivity index (χ1v) is 8.80. The Kier molecular flexibility index (Phi) is 3.09. The molecule has 1 aliphatic rings. The number of methoxy groups -OCH3 is 1. The monoisotopic (exact) mass is 343 g/mol. The number of nitrogens with zero attached hydrogens (tertiary/aromatic N) is 1. The van der Waals surface area contributed by atoms with E-state index in [1.165, 1.54) is 12.0 Å². The Morgan fingerprint density at radius 2 is 1.76 bits per heavy atom. The van der Waals surface area contributed by atoms with Gasteiger partial charge in [-0.1, -0.05) is 48.2 Å². The molecule has 0 N–H and O–H groups in total. The Hall–Kier alpha value is -2.85. The fourth-order valence-electron chi connectivity index (χ4n) is 3.50. The second-order valence-electron chi connectivity index (χ2n) is 5.93. The summed E-state index contributed by atoms with van der Waals surface area (Å²) in [6, 6.07) is 20.1. The smallest absolute Gasteiger partial charge is 0.338 e. The molecule has 2 heterocycles. The lowest BCUT2D eigenvalue weighted by molar-refractivity contribution is 0.0601. The van der Waals surface area contributed by atoms with Gasteiger partial charge in [-0.25, -0.2) is 9.78 Å². The Bertz CT molecular complexity index is 1180. The fourth-order valence-corrected chi connectivity index (χ4v) is 4.79. The summed E-state index contributed by atoms with van der Waals surface area (Å²) in [6.45, 7) is 0. The molecule has 0 saturated carbocycles. The summed E-state index contributed by atoms with van der Waals surface area (Å²) in [5.41, 5.74) is 4.51. The Morgan fingerprint density at radius 1 is 0.960 bits per heavy atom. The van der Waals surface area contributed by atoms with Crippen LogP contribution in [0.4, 0.5) is 0 Å². The SMILES string of the molecule is COC(=O)c1cccc2c1-c1cccc3nc4ccccc4c(c13)S2. The van der Waals surface area contributed by atoms with Crippen molar-refractivity contribution < 1.29 is 9.53 Å². The van der Waals surface area contributed by atoms with Gasteiger partial charge in [0.1, 0.15) is 0 Å². The van der Waals surface area contributed by atoms with Gasteiger partial charge in [0.15, 0.2) is 0 Å². The van der Waals surface area contributed by atoms with Gasteiger partial charge in [0.2, 0.25) is 0 Å². The molecule has 25 heavy (non-hydrogen) atoms. The van der Waals surface area contributed by atoms with Crippen molar-refractivity contribution >= 4 is 39.5 Å². The molecule has 0 atom stereocenters. The molecule has 3 aromatic carbocycles. The zero-order valence-corrected chi connectivity index (χ0v) is 14.3. The van der Waals surface area contributed by atoms with Crippen LogP contribution in [0.3, 0.4) is 0 Å². The molecule has 120 valence electrons. The molecule has 0 aliphatic carbocycles. The van der Waals surface area contributed by atoms with Crippen LogP contribution in [0.2, 0.25) is 0 Å². The highest BCUT2D eigenvalue weighted by atomic mass is 32.2.